The van der Waals surface area contributed by atoms with Crippen LogP contribution in [0.1, 0.15) is 12.5 Å². The number of aromatic nitrogens is 2. The smallest absolute Gasteiger partial charge is 0.175 e. The molecule has 3 rings (SSSR count). The molecule has 0 aliphatic carbocycles. The lowest BCUT2D eigenvalue weighted by Crippen LogP contribution is -2.27. The van der Waals surface area contributed by atoms with Gasteiger partial charge in [0.2, 0.25) is 0 Å². The number of benzene rings is 2. The van der Waals surface area contributed by atoms with E-state index in [0.717, 1.165) is 36.4 Å². The van der Waals surface area contributed by atoms with Crippen LogP contribution in [0.2, 0.25) is 0 Å². The van der Waals surface area contributed by atoms with Crippen molar-refractivity contribution in [1.29, 1.82) is 0 Å². The minimum Gasteiger partial charge on any atom is -0.490 e. The van der Waals surface area contributed by atoms with E-state index in [2.05, 4.69) is 46.1 Å². The van der Waals surface area contributed by atoms with Crippen molar-refractivity contribution >= 4 is 23.3 Å². The molecular weight excluding hydrogens is 306 g/mol. The Balaban J connectivity index is 1.60. The molecular formula is C18H21N3OS. The average molecular weight is 327 g/mol. The van der Waals surface area contributed by atoms with Gasteiger partial charge in [-0.15, -0.1) is 0 Å². The minimum absolute atomic E-state index is 0.621. The van der Waals surface area contributed by atoms with E-state index < -0.39 is 0 Å². The van der Waals surface area contributed by atoms with Gasteiger partial charge in [0.1, 0.15) is 17.9 Å². The molecule has 0 aliphatic heterocycles. The second kappa shape index (κ2) is 7.44. The number of H-pyrrole nitrogens is 2. The first-order chi connectivity index (χ1) is 11.3. The molecule has 0 bridgehead atoms. The molecule has 0 radical (unpaired) electrons. The molecule has 120 valence electrons. The highest BCUT2D eigenvalue weighted by molar-refractivity contribution is 7.71. The lowest BCUT2D eigenvalue weighted by atomic mass is 10.2. The zero-order chi connectivity index (χ0) is 16.1. The molecule has 0 amide bonds. The van der Waals surface area contributed by atoms with Gasteiger partial charge in [-0.2, -0.15) is 0 Å². The molecule has 1 aromatic heterocycles. The summed E-state index contributed by atoms with van der Waals surface area (Å²) in [6.07, 6.45) is 0. The summed E-state index contributed by atoms with van der Waals surface area (Å²) in [6, 6.07) is 16.4. The number of para-hydroxylation sites is 1. The van der Waals surface area contributed by atoms with Crippen LogP contribution in [0.15, 0.2) is 48.5 Å². The second-order valence-corrected chi connectivity index (χ2v) is 5.87. The van der Waals surface area contributed by atoms with E-state index in [0.29, 0.717) is 11.4 Å². The highest BCUT2D eigenvalue weighted by atomic mass is 32.1. The third-order valence-corrected chi connectivity index (χ3v) is 4.08. The Morgan fingerprint density at radius 2 is 1.87 bits per heavy atom. The Hall–Kier alpha value is -2.11. The van der Waals surface area contributed by atoms with Crippen LogP contribution in [0.3, 0.4) is 0 Å². The molecule has 0 spiro atoms. The number of rotatable bonds is 7. The molecule has 0 saturated heterocycles. The molecule has 0 unspecified atom stereocenters. The van der Waals surface area contributed by atoms with E-state index >= 15 is 0 Å². The number of hydrogen-bond donors (Lipinski definition) is 2. The number of hydrogen-bond acceptors (Lipinski definition) is 3. The number of nitrogens with one attached hydrogen (secondary N) is 2. The maximum absolute atomic E-state index is 5.96. The summed E-state index contributed by atoms with van der Waals surface area (Å²) in [4.78, 5) is 8.62. The Kier molecular flexibility index (Phi) is 5.10. The predicted molar refractivity (Wildman–Crippen MR) is 96.4 cm³/mol. The summed E-state index contributed by atoms with van der Waals surface area (Å²) in [5.41, 5.74) is 3.24. The fraction of sp³-hybridized carbons (Fsp3) is 0.278. The molecule has 2 aromatic carbocycles. The molecule has 0 atom stereocenters. The van der Waals surface area contributed by atoms with Crippen LogP contribution in [0, 0.1) is 4.77 Å². The first kappa shape index (κ1) is 15.8. The summed E-state index contributed by atoms with van der Waals surface area (Å²) in [5, 5.41) is 0. The maximum atomic E-state index is 5.96. The lowest BCUT2D eigenvalue weighted by molar-refractivity contribution is 0.211. The Morgan fingerprint density at radius 1 is 1.04 bits per heavy atom. The van der Waals surface area contributed by atoms with Crippen molar-refractivity contribution in [1.82, 2.24) is 14.9 Å². The molecule has 0 fully saturated rings. The van der Waals surface area contributed by atoms with Crippen molar-refractivity contribution in [3.05, 3.63) is 58.9 Å². The van der Waals surface area contributed by atoms with Gasteiger partial charge in [0.25, 0.3) is 0 Å². The number of imidazole rings is 1. The molecule has 0 aliphatic rings. The number of nitrogens with zero attached hydrogens (tertiary/aromatic N) is 1. The van der Waals surface area contributed by atoms with E-state index in [4.69, 9.17) is 17.0 Å². The average Bonchev–Trinajstić information content (AvgIpc) is 2.96. The molecule has 0 saturated carbocycles. The Bertz CT molecular complexity index is 810. The van der Waals surface area contributed by atoms with Crippen LogP contribution < -0.4 is 4.74 Å². The number of aromatic amines is 2. The summed E-state index contributed by atoms with van der Waals surface area (Å²) in [7, 11) is 0. The SMILES string of the molecule is CCN(CCOc1cccc2[nH]c(=S)[nH]c12)Cc1ccccc1. The first-order valence-corrected chi connectivity index (χ1v) is 8.27. The molecule has 3 aromatic rings. The Morgan fingerprint density at radius 3 is 2.65 bits per heavy atom. The standard InChI is InChI=1S/C18H21N3OS/c1-2-21(13-14-7-4-3-5-8-14)11-12-22-16-10-6-9-15-17(16)20-18(23)19-15/h3-10H,2,11-13H2,1H3,(H2,19,20,23). The van der Waals surface area contributed by atoms with Crippen LogP contribution in [-0.2, 0) is 6.54 Å². The van der Waals surface area contributed by atoms with Crippen LogP contribution in [-0.4, -0.2) is 34.6 Å². The van der Waals surface area contributed by atoms with Crippen molar-refractivity contribution in [3.8, 4) is 5.75 Å². The number of likely N-dealkylation sites (N-methyl/N-ethyl adjacent to an activating group) is 1. The summed E-state index contributed by atoms with van der Waals surface area (Å²) in [6.45, 7) is 5.64. The minimum atomic E-state index is 0.621. The zero-order valence-corrected chi connectivity index (χ0v) is 14.0. The quantitative estimate of drug-likeness (QED) is 0.641. The lowest BCUT2D eigenvalue weighted by Gasteiger charge is -2.20. The molecule has 4 nitrogen and oxygen atoms in total. The summed E-state index contributed by atoms with van der Waals surface area (Å²) in [5.74, 6) is 0.839. The van der Waals surface area contributed by atoms with Crippen molar-refractivity contribution in [3.63, 3.8) is 0 Å². The van der Waals surface area contributed by atoms with Gasteiger partial charge in [-0.3, -0.25) is 4.90 Å². The van der Waals surface area contributed by atoms with E-state index in [1.54, 1.807) is 0 Å². The van der Waals surface area contributed by atoms with Gasteiger partial charge in [-0.25, -0.2) is 0 Å². The molecule has 1 heterocycles. The van der Waals surface area contributed by atoms with E-state index in [-0.39, 0.29) is 0 Å². The monoisotopic (exact) mass is 327 g/mol. The summed E-state index contributed by atoms with van der Waals surface area (Å²) >= 11 is 5.14. The van der Waals surface area contributed by atoms with Gasteiger partial charge in [-0.1, -0.05) is 43.3 Å². The molecule has 23 heavy (non-hydrogen) atoms. The van der Waals surface area contributed by atoms with Crippen LogP contribution in [0.4, 0.5) is 0 Å². The van der Waals surface area contributed by atoms with E-state index in [9.17, 15) is 0 Å². The third kappa shape index (κ3) is 4.00. The normalized spacial score (nSPS) is 11.2. The van der Waals surface area contributed by atoms with Crippen molar-refractivity contribution in [2.24, 2.45) is 0 Å². The van der Waals surface area contributed by atoms with Gasteiger partial charge in [-0.05, 0) is 36.5 Å². The highest BCUT2D eigenvalue weighted by Gasteiger charge is 2.07. The fourth-order valence-electron chi connectivity index (χ4n) is 2.63. The van der Waals surface area contributed by atoms with Gasteiger partial charge in [0.05, 0.1) is 5.52 Å². The largest absolute Gasteiger partial charge is 0.490 e. The van der Waals surface area contributed by atoms with Gasteiger partial charge >= 0.3 is 0 Å². The Labute approximate surface area is 141 Å². The zero-order valence-electron chi connectivity index (χ0n) is 13.2. The van der Waals surface area contributed by atoms with E-state index in [1.807, 2.05) is 24.3 Å². The highest BCUT2D eigenvalue weighted by Crippen LogP contribution is 2.22. The van der Waals surface area contributed by atoms with Gasteiger partial charge < -0.3 is 14.7 Å². The first-order valence-electron chi connectivity index (χ1n) is 7.86. The van der Waals surface area contributed by atoms with Crippen LogP contribution in [0.25, 0.3) is 11.0 Å². The second-order valence-electron chi connectivity index (χ2n) is 5.46. The van der Waals surface area contributed by atoms with E-state index in [1.165, 1.54) is 5.56 Å². The molecule has 2 N–H and O–H groups in total. The van der Waals surface area contributed by atoms with Gasteiger partial charge in [0, 0.05) is 13.1 Å². The van der Waals surface area contributed by atoms with Crippen LogP contribution >= 0.6 is 12.2 Å². The molecule has 5 heteroatoms. The van der Waals surface area contributed by atoms with Crippen LogP contribution in [0.5, 0.6) is 5.75 Å². The van der Waals surface area contributed by atoms with Crippen molar-refractivity contribution in [2.45, 2.75) is 13.5 Å². The van der Waals surface area contributed by atoms with Crippen molar-refractivity contribution in [2.75, 3.05) is 19.7 Å². The topological polar surface area (TPSA) is 44.0 Å². The fourth-order valence-corrected chi connectivity index (χ4v) is 2.84. The van der Waals surface area contributed by atoms with Gasteiger partial charge in [0.15, 0.2) is 4.77 Å². The third-order valence-electron chi connectivity index (χ3n) is 3.87. The summed E-state index contributed by atoms with van der Waals surface area (Å²) < 4.78 is 6.58. The number of fused-ring (bicyclic) bond motifs is 1. The number of ether oxygens (including phenoxy) is 1. The maximum Gasteiger partial charge on any atom is 0.175 e. The predicted octanol–water partition coefficient (Wildman–Crippen LogP) is 4.13. The van der Waals surface area contributed by atoms with Crippen molar-refractivity contribution < 1.29 is 4.74 Å².